The Balaban J connectivity index is 2.51. The maximum Gasteiger partial charge on any atom is 0.436 e. The molecule has 0 heterocycles. The van der Waals surface area contributed by atoms with Gasteiger partial charge in [0, 0.05) is 12.1 Å². The fourth-order valence-electron chi connectivity index (χ4n) is 0.930. The first-order valence-electron chi connectivity index (χ1n) is 4.87. The van der Waals surface area contributed by atoms with E-state index >= 15 is 0 Å². The van der Waals surface area contributed by atoms with E-state index in [1.807, 2.05) is 0 Å². The van der Waals surface area contributed by atoms with Crippen LogP contribution >= 0.6 is 0 Å². The number of amides is 1. The van der Waals surface area contributed by atoms with Gasteiger partial charge in [-0.1, -0.05) is 0 Å². The lowest BCUT2D eigenvalue weighted by molar-refractivity contribution is -0.384. The van der Waals surface area contributed by atoms with Crippen LogP contribution in [0.3, 0.4) is 0 Å². The smallest absolute Gasteiger partial charge is 0.409 e. The van der Waals surface area contributed by atoms with Crippen molar-refractivity contribution in [3.63, 3.8) is 0 Å². The Bertz CT molecular complexity index is 402. The number of hydroxylamine groups is 1. The van der Waals surface area contributed by atoms with Crippen LogP contribution in [-0.2, 0) is 4.84 Å². The zero-order valence-electron chi connectivity index (χ0n) is 9.38. The molecule has 1 aromatic carbocycles. The molecule has 0 radical (unpaired) electrons. The average Bonchev–Trinajstić information content (AvgIpc) is 2.27. The first-order valence-corrected chi connectivity index (χ1v) is 4.87. The number of carbonyl (C=O) groups is 1. The molecule has 0 unspecified atom stereocenters. The van der Waals surface area contributed by atoms with Gasteiger partial charge in [0.25, 0.3) is 5.69 Å². The van der Waals surface area contributed by atoms with Crippen LogP contribution in [0.4, 0.5) is 10.5 Å². The number of ether oxygens (including phenoxy) is 1. The van der Waals surface area contributed by atoms with Crippen molar-refractivity contribution < 1.29 is 19.3 Å². The predicted molar refractivity (Wildman–Crippen MR) is 58.5 cm³/mol. The Labute approximate surface area is 97.4 Å². The third kappa shape index (κ3) is 4.47. The Morgan fingerprint density at radius 1 is 1.35 bits per heavy atom. The molecule has 1 amide bonds. The second kappa shape index (κ2) is 5.80. The highest BCUT2D eigenvalue weighted by Crippen LogP contribution is 2.17. The van der Waals surface area contributed by atoms with Gasteiger partial charge in [-0.05, 0) is 26.0 Å². The SMILES string of the molecule is CC(C)ONC(=O)Oc1ccc([N+](=O)[O-])cc1. The zero-order chi connectivity index (χ0) is 12.8. The quantitative estimate of drug-likeness (QED) is 0.642. The second-order valence-electron chi connectivity index (χ2n) is 3.41. The van der Waals surface area contributed by atoms with Gasteiger partial charge in [-0.15, -0.1) is 0 Å². The minimum Gasteiger partial charge on any atom is -0.409 e. The van der Waals surface area contributed by atoms with E-state index in [2.05, 4.69) is 5.48 Å². The zero-order valence-corrected chi connectivity index (χ0v) is 9.38. The Morgan fingerprint density at radius 2 is 1.94 bits per heavy atom. The molecule has 0 bridgehead atoms. The Kier molecular flexibility index (Phi) is 4.41. The van der Waals surface area contributed by atoms with E-state index in [4.69, 9.17) is 9.57 Å². The van der Waals surface area contributed by atoms with Crippen molar-refractivity contribution in [1.29, 1.82) is 0 Å². The minimum atomic E-state index is -0.785. The minimum absolute atomic E-state index is 0.0730. The molecule has 0 aliphatic rings. The van der Waals surface area contributed by atoms with Gasteiger partial charge in [0.05, 0.1) is 11.0 Å². The molecule has 7 heteroatoms. The maximum absolute atomic E-state index is 11.1. The Morgan fingerprint density at radius 3 is 2.41 bits per heavy atom. The summed E-state index contributed by atoms with van der Waals surface area (Å²) in [7, 11) is 0. The number of carbonyl (C=O) groups excluding carboxylic acids is 1. The summed E-state index contributed by atoms with van der Waals surface area (Å²) in [5.74, 6) is 0.195. The third-order valence-corrected chi connectivity index (χ3v) is 1.64. The van der Waals surface area contributed by atoms with Crippen LogP contribution in [0, 0.1) is 10.1 Å². The number of nitrogens with one attached hydrogen (secondary N) is 1. The molecular weight excluding hydrogens is 228 g/mol. The molecular formula is C10H12N2O5. The lowest BCUT2D eigenvalue weighted by Gasteiger charge is -2.08. The van der Waals surface area contributed by atoms with Crippen molar-refractivity contribution in [2.75, 3.05) is 0 Å². The van der Waals surface area contributed by atoms with E-state index in [1.165, 1.54) is 24.3 Å². The van der Waals surface area contributed by atoms with Crippen molar-refractivity contribution >= 4 is 11.8 Å². The van der Waals surface area contributed by atoms with E-state index in [-0.39, 0.29) is 17.5 Å². The molecule has 1 rings (SSSR count). The van der Waals surface area contributed by atoms with Crippen molar-refractivity contribution in [1.82, 2.24) is 5.48 Å². The molecule has 0 saturated carbocycles. The van der Waals surface area contributed by atoms with E-state index in [0.717, 1.165) is 0 Å². The monoisotopic (exact) mass is 240 g/mol. The van der Waals surface area contributed by atoms with Crippen molar-refractivity contribution in [2.45, 2.75) is 20.0 Å². The molecule has 17 heavy (non-hydrogen) atoms. The molecule has 0 aromatic heterocycles. The number of nitro groups is 1. The first kappa shape index (κ1) is 12.9. The summed E-state index contributed by atoms with van der Waals surface area (Å²) in [6, 6.07) is 5.14. The van der Waals surface area contributed by atoms with Gasteiger partial charge in [-0.2, -0.15) is 5.48 Å². The maximum atomic E-state index is 11.1. The van der Waals surface area contributed by atoms with Crippen LogP contribution < -0.4 is 10.2 Å². The molecule has 1 N–H and O–H groups in total. The fourth-order valence-corrected chi connectivity index (χ4v) is 0.930. The summed E-state index contributed by atoms with van der Waals surface area (Å²) in [5, 5.41) is 10.4. The van der Waals surface area contributed by atoms with Gasteiger partial charge in [-0.3, -0.25) is 15.0 Å². The third-order valence-electron chi connectivity index (χ3n) is 1.64. The number of benzene rings is 1. The molecule has 0 atom stereocenters. The molecule has 0 aliphatic heterocycles. The van der Waals surface area contributed by atoms with Crippen molar-refractivity contribution in [3.05, 3.63) is 34.4 Å². The second-order valence-corrected chi connectivity index (χ2v) is 3.41. The van der Waals surface area contributed by atoms with E-state index in [9.17, 15) is 14.9 Å². The van der Waals surface area contributed by atoms with Crippen molar-refractivity contribution in [3.8, 4) is 5.75 Å². The standard InChI is InChI=1S/C10H12N2O5/c1-7(2)17-11-10(13)16-9-5-3-8(4-6-9)12(14)15/h3-7H,1-2H3,(H,11,13). The van der Waals surface area contributed by atoms with Gasteiger partial charge in [0.15, 0.2) is 0 Å². The predicted octanol–water partition coefficient (Wildman–Crippen LogP) is 2.02. The van der Waals surface area contributed by atoms with Crippen LogP contribution in [0.15, 0.2) is 24.3 Å². The largest absolute Gasteiger partial charge is 0.436 e. The summed E-state index contributed by atoms with van der Waals surface area (Å²) in [4.78, 5) is 25.8. The van der Waals surface area contributed by atoms with Crippen LogP contribution in [0.2, 0.25) is 0 Å². The van der Waals surface area contributed by atoms with Gasteiger partial charge in [-0.25, -0.2) is 4.79 Å². The number of nitro benzene ring substituents is 1. The topological polar surface area (TPSA) is 90.7 Å². The van der Waals surface area contributed by atoms with Crippen molar-refractivity contribution in [2.24, 2.45) is 0 Å². The molecule has 7 nitrogen and oxygen atoms in total. The fraction of sp³-hybridized carbons (Fsp3) is 0.300. The summed E-state index contributed by atoms with van der Waals surface area (Å²) in [5.41, 5.74) is 2.00. The first-order chi connectivity index (χ1) is 7.99. The number of non-ortho nitro benzene ring substituents is 1. The number of nitrogens with zero attached hydrogens (tertiary/aromatic N) is 1. The van der Waals surface area contributed by atoms with Gasteiger partial charge < -0.3 is 4.74 Å². The molecule has 1 aromatic rings. The number of rotatable bonds is 4. The lowest BCUT2D eigenvalue weighted by Crippen LogP contribution is -2.29. The van der Waals surface area contributed by atoms with Gasteiger partial charge in [0.1, 0.15) is 5.75 Å². The van der Waals surface area contributed by atoms with Crippen LogP contribution in [0.1, 0.15) is 13.8 Å². The highest BCUT2D eigenvalue weighted by molar-refractivity contribution is 5.69. The van der Waals surface area contributed by atoms with Crippen LogP contribution in [-0.4, -0.2) is 17.1 Å². The summed E-state index contributed by atoms with van der Waals surface area (Å²) < 4.78 is 4.80. The van der Waals surface area contributed by atoms with Crippen LogP contribution in [0.25, 0.3) is 0 Å². The van der Waals surface area contributed by atoms with E-state index in [0.29, 0.717) is 0 Å². The highest BCUT2D eigenvalue weighted by Gasteiger charge is 2.08. The van der Waals surface area contributed by atoms with E-state index < -0.39 is 11.0 Å². The molecule has 0 aliphatic carbocycles. The average molecular weight is 240 g/mol. The summed E-state index contributed by atoms with van der Waals surface area (Å²) in [6.07, 6.45) is -0.952. The van der Waals surface area contributed by atoms with E-state index in [1.54, 1.807) is 13.8 Å². The van der Waals surface area contributed by atoms with Gasteiger partial charge in [0.2, 0.25) is 0 Å². The molecule has 0 spiro atoms. The summed E-state index contributed by atoms with van der Waals surface area (Å²) in [6.45, 7) is 3.48. The number of hydrogen-bond donors (Lipinski definition) is 1. The normalized spacial score (nSPS) is 10.1. The molecule has 92 valence electrons. The Hall–Kier alpha value is -2.15. The lowest BCUT2D eigenvalue weighted by atomic mass is 10.3. The summed E-state index contributed by atoms with van der Waals surface area (Å²) >= 11 is 0. The molecule has 0 fully saturated rings. The van der Waals surface area contributed by atoms with Gasteiger partial charge >= 0.3 is 6.09 Å². The molecule has 0 saturated heterocycles. The number of hydrogen-bond acceptors (Lipinski definition) is 5. The highest BCUT2D eigenvalue weighted by atomic mass is 16.7. The van der Waals surface area contributed by atoms with Crippen LogP contribution in [0.5, 0.6) is 5.75 Å².